The number of aromatic nitrogens is 4. The molecule has 3 aromatic rings. The van der Waals surface area contributed by atoms with Crippen LogP contribution in [0.25, 0.3) is 10.6 Å². The third kappa shape index (κ3) is 3.19. The average Bonchev–Trinajstić information content (AvgIpc) is 3.35. The third-order valence-electron chi connectivity index (χ3n) is 3.78. The lowest BCUT2D eigenvalue weighted by Crippen LogP contribution is -2.37. The summed E-state index contributed by atoms with van der Waals surface area (Å²) < 4.78 is 12.8. The molecule has 4 heterocycles. The Morgan fingerprint density at radius 1 is 1.29 bits per heavy atom. The van der Waals surface area contributed by atoms with E-state index in [0.29, 0.717) is 5.75 Å². The standard InChI is InChI=1S/C15H17N5O2S2/c1-19-14(20-4-6-21-7-5-20)16-17-15(19)24-10-11-9-12(22-18-11)13-3-2-8-23-13/h2-3,8-9H,4-7,10H2,1H3. The molecule has 0 bridgehead atoms. The second kappa shape index (κ2) is 6.96. The van der Waals surface area contributed by atoms with Crippen molar-refractivity contribution in [3.05, 3.63) is 29.3 Å². The topological polar surface area (TPSA) is 69.2 Å². The molecule has 0 amide bonds. The lowest BCUT2D eigenvalue weighted by molar-refractivity contribution is 0.121. The lowest BCUT2D eigenvalue weighted by Gasteiger charge is -2.27. The van der Waals surface area contributed by atoms with Crippen molar-refractivity contribution in [2.45, 2.75) is 10.9 Å². The van der Waals surface area contributed by atoms with Gasteiger partial charge in [-0.15, -0.1) is 21.5 Å². The zero-order chi connectivity index (χ0) is 16.4. The van der Waals surface area contributed by atoms with Gasteiger partial charge < -0.3 is 14.2 Å². The smallest absolute Gasteiger partial charge is 0.227 e. The first-order valence-corrected chi connectivity index (χ1v) is 9.52. The summed E-state index contributed by atoms with van der Waals surface area (Å²) in [6.07, 6.45) is 0. The van der Waals surface area contributed by atoms with Gasteiger partial charge in [-0.3, -0.25) is 4.57 Å². The zero-order valence-electron chi connectivity index (χ0n) is 13.2. The minimum absolute atomic E-state index is 0.698. The van der Waals surface area contributed by atoms with Crippen LogP contribution in [0.3, 0.4) is 0 Å². The van der Waals surface area contributed by atoms with Crippen molar-refractivity contribution in [1.82, 2.24) is 19.9 Å². The molecule has 1 saturated heterocycles. The maximum Gasteiger partial charge on any atom is 0.227 e. The van der Waals surface area contributed by atoms with Crippen LogP contribution in [0.2, 0.25) is 0 Å². The molecule has 1 aliphatic rings. The maximum atomic E-state index is 5.41. The predicted octanol–water partition coefficient (Wildman–Crippen LogP) is 2.66. The van der Waals surface area contributed by atoms with Crippen molar-refractivity contribution in [1.29, 1.82) is 0 Å². The Morgan fingerprint density at radius 3 is 2.96 bits per heavy atom. The Kier molecular flexibility index (Phi) is 4.54. The summed E-state index contributed by atoms with van der Waals surface area (Å²) >= 11 is 3.25. The molecule has 3 aromatic heterocycles. The molecule has 0 aromatic carbocycles. The van der Waals surface area contributed by atoms with Crippen LogP contribution in [0.4, 0.5) is 5.95 Å². The van der Waals surface area contributed by atoms with E-state index in [0.717, 1.165) is 53.7 Å². The maximum absolute atomic E-state index is 5.41. The molecule has 0 aliphatic carbocycles. The Labute approximate surface area is 147 Å². The van der Waals surface area contributed by atoms with Gasteiger partial charge in [0.2, 0.25) is 5.95 Å². The van der Waals surface area contributed by atoms with Gasteiger partial charge in [0, 0.05) is 32.0 Å². The lowest BCUT2D eigenvalue weighted by atomic mass is 10.3. The molecular weight excluding hydrogens is 346 g/mol. The number of ether oxygens (including phenoxy) is 1. The molecule has 24 heavy (non-hydrogen) atoms. The summed E-state index contributed by atoms with van der Waals surface area (Å²) in [5.74, 6) is 2.40. The molecule has 9 heteroatoms. The number of thiophene rings is 1. The monoisotopic (exact) mass is 363 g/mol. The van der Waals surface area contributed by atoms with Crippen molar-refractivity contribution < 1.29 is 9.26 Å². The van der Waals surface area contributed by atoms with Crippen LogP contribution in [-0.4, -0.2) is 46.2 Å². The highest BCUT2D eigenvalue weighted by Gasteiger charge is 2.19. The zero-order valence-corrected chi connectivity index (χ0v) is 14.8. The predicted molar refractivity (Wildman–Crippen MR) is 93.4 cm³/mol. The Morgan fingerprint density at radius 2 is 2.17 bits per heavy atom. The van der Waals surface area contributed by atoms with E-state index in [4.69, 9.17) is 9.26 Å². The molecule has 7 nitrogen and oxygen atoms in total. The van der Waals surface area contributed by atoms with Gasteiger partial charge in [-0.25, -0.2) is 0 Å². The Bertz CT molecular complexity index is 793. The number of thioether (sulfide) groups is 1. The molecule has 1 aliphatic heterocycles. The van der Waals surface area contributed by atoms with E-state index in [-0.39, 0.29) is 0 Å². The van der Waals surface area contributed by atoms with Gasteiger partial charge >= 0.3 is 0 Å². The normalized spacial score (nSPS) is 15.1. The van der Waals surface area contributed by atoms with Crippen LogP contribution in [-0.2, 0) is 17.5 Å². The fraction of sp³-hybridized carbons (Fsp3) is 0.400. The second-order valence-electron chi connectivity index (χ2n) is 5.39. The van der Waals surface area contributed by atoms with Crippen LogP contribution in [0, 0.1) is 0 Å². The SMILES string of the molecule is Cn1c(SCc2cc(-c3cccs3)on2)nnc1N1CCOCC1. The summed E-state index contributed by atoms with van der Waals surface area (Å²) in [5.41, 5.74) is 0.902. The van der Waals surface area contributed by atoms with Crippen LogP contribution < -0.4 is 4.90 Å². The molecule has 4 rings (SSSR count). The number of morpholine rings is 1. The van der Waals surface area contributed by atoms with E-state index >= 15 is 0 Å². The molecule has 126 valence electrons. The molecule has 0 spiro atoms. The van der Waals surface area contributed by atoms with E-state index in [9.17, 15) is 0 Å². The Hall–Kier alpha value is -1.84. The van der Waals surface area contributed by atoms with Gasteiger partial charge in [-0.1, -0.05) is 23.0 Å². The van der Waals surface area contributed by atoms with Crippen LogP contribution >= 0.6 is 23.1 Å². The third-order valence-corrected chi connectivity index (χ3v) is 5.72. The van der Waals surface area contributed by atoms with Gasteiger partial charge in [-0.2, -0.15) is 0 Å². The first-order chi connectivity index (χ1) is 11.8. The molecule has 0 atom stereocenters. The van der Waals surface area contributed by atoms with Crippen molar-refractivity contribution in [3.63, 3.8) is 0 Å². The molecule has 0 saturated carbocycles. The summed E-state index contributed by atoms with van der Waals surface area (Å²) in [6, 6.07) is 6.02. The highest BCUT2D eigenvalue weighted by molar-refractivity contribution is 7.98. The number of anilines is 1. The van der Waals surface area contributed by atoms with Crippen molar-refractivity contribution in [2.24, 2.45) is 7.05 Å². The number of rotatable bonds is 5. The number of nitrogens with zero attached hydrogens (tertiary/aromatic N) is 5. The first kappa shape index (κ1) is 15.7. The van der Waals surface area contributed by atoms with Gasteiger partial charge in [0.15, 0.2) is 10.9 Å². The quantitative estimate of drug-likeness (QED) is 0.646. The van der Waals surface area contributed by atoms with E-state index in [1.807, 2.05) is 35.2 Å². The summed E-state index contributed by atoms with van der Waals surface area (Å²) in [4.78, 5) is 3.29. The van der Waals surface area contributed by atoms with Crippen LogP contribution in [0.15, 0.2) is 33.3 Å². The fourth-order valence-corrected chi connectivity index (χ4v) is 3.98. The minimum Gasteiger partial charge on any atom is -0.378 e. The van der Waals surface area contributed by atoms with E-state index in [1.54, 1.807) is 23.1 Å². The van der Waals surface area contributed by atoms with Gasteiger partial charge in [0.1, 0.15) is 0 Å². The number of hydrogen-bond donors (Lipinski definition) is 0. The highest BCUT2D eigenvalue weighted by Crippen LogP contribution is 2.28. The summed E-state index contributed by atoms with van der Waals surface area (Å²) in [7, 11) is 1.99. The van der Waals surface area contributed by atoms with E-state index in [2.05, 4.69) is 20.3 Å². The summed E-state index contributed by atoms with van der Waals surface area (Å²) in [6.45, 7) is 3.17. The van der Waals surface area contributed by atoms with Gasteiger partial charge in [0.25, 0.3) is 0 Å². The second-order valence-corrected chi connectivity index (χ2v) is 7.28. The van der Waals surface area contributed by atoms with Crippen molar-refractivity contribution >= 4 is 29.0 Å². The largest absolute Gasteiger partial charge is 0.378 e. The average molecular weight is 363 g/mol. The van der Waals surface area contributed by atoms with E-state index < -0.39 is 0 Å². The molecular formula is C15H17N5O2S2. The van der Waals surface area contributed by atoms with Crippen LogP contribution in [0.5, 0.6) is 0 Å². The highest BCUT2D eigenvalue weighted by atomic mass is 32.2. The molecule has 0 unspecified atom stereocenters. The Balaban J connectivity index is 1.42. The van der Waals surface area contributed by atoms with Gasteiger partial charge in [0.05, 0.1) is 23.8 Å². The van der Waals surface area contributed by atoms with E-state index in [1.165, 1.54) is 0 Å². The van der Waals surface area contributed by atoms with Crippen molar-refractivity contribution in [2.75, 3.05) is 31.2 Å². The minimum atomic E-state index is 0.698. The van der Waals surface area contributed by atoms with Crippen LogP contribution in [0.1, 0.15) is 5.69 Å². The molecule has 0 radical (unpaired) electrons. The summed E-state index contributed by atoms with van der Waals surface area (Å²) in [5, 5.41) is 15.7. The fourth-order valence-electron chi connectivity index (χ4n) is 2.52. The molecule has 0 N–H and O–H groups in total. The molecule has 1 fully saturated rings. The van der Waals surface area contributed by atoms with Crippen molar-refractivity contribution in [3.8, 4) is 10.6 Å². The van der Waals surface area contributed by atoms with Gasteiger partial charge in [-0.05, 0) is 11.4 Å². The number of hydrogen-bond acceptors (Lipinski definition) is 8. The first-order valence-electron chi connectivity index (χ1n) is 7.65.